The van der Waals surface area contributed by atoms with Gasteiger partial charge in [-0.15, -0.1) is 0 Å². The van der Waals surface area contributed by atoms with Crippen molar-refractivity contribution in [2.24, 2.45) is 11.7 Å². The molecule has 1 saturated carbocycles. The van der Waals surface area contributed by atoms with E-state index in [0.29, 0.717) is 21.3 Å². The second-order valence-electron chi connectivity index (χ2n) is 9.55. The summed E-state index contributed by atoms with van der Waals surface area (Å²) in [5.41, 5.74) is 5.68. The summed E-state index contributed by atoms with van der Waals surface area (Å²) in [6.07, 6.45) is 3.25. The van der Waals surface area contributed by atoms with E-state index in [2.05, 4.69) is 0 Å². The standard InChI is InChI=1S/C27H30Cl2N2O6/c1-27(2,17-6-4-5-7-17)37-26(35)22(32)14-24(33)31(15-16-8-11-20(28)21(29)12-16)18-9-10-19(25(30)34)23(13-18)36-3/h8-13,17H,4-7,14-15H2,1-3H3,(H2,30,34). The van der Waals surface area contributed by atoms with Crippen LogP contribution >= 0.6 is 23.2 Å². The highest BCUT2D eigenvalue weighted by atomic mass is 35.5. The highest BCUT2D eigenvalue weighted by Crippen LogP contribution is 2.36. The van der Waals surface area contributed by atoms with Crippen molar-refractivity contribution in [3.8, 4) is 5.75 Å². The van der Waals surface area contributed by atoms with Gasteiger partial charge in [-0.1, -0.05) is 42.1 Å². The number of methoxy groups -OCH3 is 1. The van der Waals surface area contributed by atoms with Crippen molar-refractivity contribution in [2.45, 2.75) is 58.1 Å². The van der Waals surface area contributed by atoms with Gasteiger partial charge in [0.2, 0.25) is 11.7 Å². The maximum Gasteiger partial charge on any atom is 0.375 e. The number of carbonyl (C=O) groups excluding carboxylic acids is 4. The first-order valence-electron chi connectivity index (χ1n) is 11.9. The van der Waals surface area contributed by atoms with E-state index in [9.17, 15) is 19.2 Å². The number of benzene rings is 2. The molecule has 0 heterocycles. The Labute approximate surface area is 226 Å². The molecule has 1 fully saturated rings. The fraction of sp³-hybridized carbons (Fsp3) is 0.407. The van der Waals surface area contributed by atoms with Crippen LogP contribution in [0.2, 0.25) is 10.0 Å². The smallest absolute Gasteiger partial charge is 0.375 e. The van der Waals surface area contributed by atoms with Crippen LogP contribution in [-0.4, -0.2) is 36.3 Å². The van der Waals surface area contributed by atoms with E-state index in [1.165, 1.54) is 30.2 Å². The van der Waals surface area contributed by atoms with Gasteiger partial charge in [0.05, 0.1) is 35.7 Å². The number of hydrogen-bond acceptors (Lipinski definition) is 6. The summed E-state index contributed by atoms with van der Waals surface area (Å²) in [6.45, 7) is 3.59. The predicted molar refractivity (Wildman–Crippen MR) is 141 cm³/mol. The third-order valence-corrected chi connectivity index (χ3v) is 7.36. The number of nitrogens with zero attached hydrogens (tertiary/aromatic N) is 1. The number of hydrogen-bond donors (Lipinski definition) is 1. The lowest BCUT2D eigenvalue weighted by molar-refractivity contribution is -0.168. The number of anilines is 1. The van der Waals surface area contributed by atoms with Crippen LogP contribution in [0.15, 0.2) is 36.4 Å². The van der Waals surface area contributed by atoms with E-state index in [1.807, 2.05) is 0 Å². The lowest BCUT2D eigenvalue weighted by Gasteiger charge is -2.31. The highest BCUT2D eigenvalue weighted by molar-refractivity contribution is 6.42. The molecule has 37 heavy (non-hydrogen) atoms. The van der Waals surface area contributed by atoms with Gasteiger partial charge in [-0.25, -0.2) is 4.79 Å². The molecule has 0 aromatic heterocycles. The Kier molecular flexibility index (Phi) is 9.21. The topological polar surface area (TPSA) is 116 Å². The normalized spacial score (nSPS) is 13.8. The van der Waals surface area contributed by atoms with Crippen LogP contribution in [0.4, 0.5) is 5.69 Å². The van der Waals surface area contributed by atoms with Crippen LogP contribution in [0.3, 0.4) is 0 Å². The summed E-state index contributed by atoms with van der Waals surface area (Å²) in [5, 5.41) is 0.639. The van der Waals surface area contributed by atoms with E-state index in [1.54, 1.807) is 32.0 Å². The van der Waals surface area contributed by atoms with Gasteiger partial charge in [0.15, 0.2) is 0 Å². The van der Waals surface area contributed by atoms with Crippen molar-refractivity contribution in [3.63, 3.8) is 0 Å². The molecule has 1 aliphatic carbocycles. The van der Waals surface area contributed by atoms with Gasteiger partial charge in [0.25, 0.3) is 5.91 Å². The lowest BCUT2D eigenvalue weighted by Crippen LogP contribution is -2.39. The monoisotopic (exact) mass is 548 g/mol. The number of carbonyl (C=O) groups is 4. The van der Waals surface area contributed by atoms with Crippen molar-refractivity contribution >= 4 is 52.5 Å². The van der Waals surface area contributed by atoms with Gasteiger partial charge in [-0.2, -0.15) is 0 Å². The zero-order chi connectivity index (χ0) is 27.3. The molecule has 0 aliphatic heterocycles. The molecule has 2 aromatic rings. The molecule has 0 radical (unpaired) electrons. The van der Waals surface area contributed by atoms with E-state index in [4.69, 9.17) is 38.4 Å². The molecular weight excluding hydrogens is 519 g/mol. The molecule has 10 heteroatoms. The SMILES string of the molecule is COc1cc(N(Cc2ccc(Cl)c(Cl)c2)C(=O)CC(=O)C(=O)OC(C)(C)C2CCCC2)ccc1C(N)=O. The number of esters is 1. The molecule has 3 rings (SSSR count). The van der Waals surface area contributed by atoms with Crippen LogP contribution in [0, 0.1) is 5.92 Å². The number of Topliss-reactive ketones (excluding diaryl/α,β-unsaturated/α-hetero) is 1. The summed E-state index contributed by atoms with van der Waals surface area (Å²) in [5.74, 6) is -3.02. The molecule has 198 valence electrons. The van der Waals surface area contributed by atoms with E-state index in [0.717, 1.165) is 25.7 Å². The van der Waals surface area contributed by atoms with Crippen LogP contribution < -0.4 is 15.4 Å². The first-order valence-corrected chi connectivity index (χ1v) is 12.7. The number of ketones is 1. The average molecular weight is 549 g/mol. The van der Waals surface area contributed by atoms with E-state index < -0.39 is 35.6 Å². The molecule has 2 amide bonds. The van der Waals surface area contributed by atoms with Crippen LogP contribution in [0.5, 0.6) is 5.75 Å². The zero-order valence-electron chi connectivity index (χ0n) is 21.0. The number of rotatable bonds is 10. The lowest BCUT2D eigenvalue weighted by atomic mass is 9.89. The Bertz CT molecular complexity index is 1210. The van der Waals surface area contributed by atoms with Gasteiger partial charge < -0.3 is 20.1 Å². The fourth-order valence-electron chi connectivity index (χ4n) is 4.50. The Morgan fingerprint density at radius 1 is 1.03 bits per heavy atom. The van der Waals surface area contributed by atoms with Crippen LogP contribution in [0.25, 0.3) is 0 Å². The summed E-state index contributed by atoms with van der Waals surface area (Å²) in [6, 6.07) is 9.26. The Balaban J connectivity index is 1.85. The Morgan fingerprint density at radius 2 is 1.70 bits per heavy atom. The van der Waals surface area contributed by atoms with Gasteiger partial charge in [0.1, 0.15) is 11.4 Å². The number of nitrogens with two attached hydrogens (primary N) is 1. The van der Waals surface area contributed by atoms with Crippen molar-refractivity contribution in [1.82, 2.24) is 0 Å². The molecule has 0 atom stereocenters. The van der Waals surface area contributed by atoms with Gasteiger partial charge in [-0.3, -0.25) is 14.4 Å². The van der Waals surface area contributed by atoms with Crippen molar-refractivity contribution in [3.05, 3.63) is 57.6 Å². The second kappa shape index (κ2) is 12.0. The maximum atomic E-state index is 13.4. The number of halogens is 2. The van der Waals surface area contributed by atoms with E-state index >= 15 is 0 Å². The average Bonchev–Trinajstić information content (AvgIpc) is 3.40. The predicted octanol–water partition coefficient (Wildman–Crippen LogP) is 5.11. The van der Waals surface area contributed by atoms with Gasteiger partial charge >= 0.3 is 5.97 Å². The maximum absolute atomic E-state index is 13.4. The minimum Gasteiger partial charge on any atom is -0.496 e. The quantitative estimate of drug-likeness (QED) is 0.250. The third kappa shape index (κ3) is 7.02. The third-order valence-electron chi connectivity index (χ3n) is 6.62. The molecular formula is C27H30Cl2N2O6. The van der Waals surface area contributed by atoms with Crippen LogP contribution in [0.1, 0.15) is 61.9 Å². The van der Waals surface area contributed by atoms with Gasteiger partial charge in [-0.05, 0) is 62.4 Å². The van der Waals surface area contributed by atoms with Crippen molar-refractivity contribution in [1.29, 1.82) is 0 Å². The number of ether oxygens (including phenoxy) is 2. The molecule has 1 aliphatic rings. The molecule has 2 aromatic carbocycles. The van der Waals surface area contributed by atoms with Crippen molar-refractivity contribution in [2.75, 3.05) is 12.0 Å². The number of amides is 2. The molecule has 2 N–H and O–H groups in total. The molecule has 0 saturated heterocycles. The molecule has 0 unspecified atom stereocenters. The zero-order valence-corrected chi connectivity index (χ0v) is 22.5. The first kappa shape index (κ1) is 28.5. The fourth-order valence-corrected chi connectivity index (χ4v) is 4.82. The Morgan fingerprint density at radius 3 is 2.30 bits per heavy atom. The van der Waals surface area contributed by atoms with Crippen molar-refractivity contribution < 1.29 is 28.7 Å². The van der Waals surface area contributed by atoms with E-state index in [-0.39, 0.29) is 23.8 Å². The van der Waals surface area contributed by atoms with Gasteiger partial charge in [0, 0.05) is 11.8 Å². The second-order valence-corrected chi connectivity index (χ2v) is 10.4. The van der Waals surface area contributed by atoms with Crippen LogP contribution in [-0.2, 0) is 25.7 Å². The summed E-state index contributed by atoms with van der Waals surface area (Å²) in [4.78, 5) is 51.8. The summed E-state index contributed by atoms with van der Waals surface area (Å²) in [7, 11) is 1.36. The first-order chi connectivity index (χ1) is 17.4. The molecule has 0 spiro atoms. The molecule has 8 nitrogen and oxygen atoms in total. The summed E-state index contributed by atoms with van der Waals surface area (Å²) >= 11 is 12.2. The minimum atomic E-state index is -1.04. The summed E-state index contributed by atoms with van der Waals surface area (Å²) < 4.78 is 10.8. The Hall–Kier alpha value is -3.10. The minimum absolute atomic E-state index is 0.00465. The molecule has 0 bridgehead atoms. The largest absolute Gasteiger partial charge is 0.496 e. The number of primary amides is 1. The highest BCUT2D eigenvalue weighted by Gasteiger charge is 2.37.